The number of halogens is 2. The van der Waals surface area contributed by atoms with Gasteiger partial charge in [-0.25, -0.2) is 4.79 Å². The molecule has 2 aromatic rings. The molecule has 0 radical (unpaired) electrons. The summed E-state index contributed by atoms with van der Waals surface area (Å²) in [5.74, 6) is -0.697. The van der Waals surface area contributed by atoms with Gasteiger partial charge in [-0.2, -0.15) is 0 Å². The predicted molar refractivity (Wildman–Crippen MR) is 145 cm³/mol. The number of carbonyl (C=O) groups excluding carboxylic acids is 1. The quantitative estimate of drug-likeness (QED) is 0.472. The summed E-state index contributed by atoms with van der Waals surface area (Å²) in [6.45, 7) is 3.96. The topological polar surface area (TPSA) is 82.1 Å². The van der Waals surface area contributed by atoms with E-state index in [0.29, 0.717) is 48.3 Å². The van der Waals surface area contributed by atoms with Crippen LogP contribution in [0.25, 0.3) is 6.08 Å². The highest BCUT2D eigenvalue weighted by atomic mass is 35.5. The molecule has 7 nitrogen and oxygen atoms in total. The zero-order valence-corrected chi connectivity index (χ0v) is 22.3. The molecule has 1 fully saturated rings. The molecule has 0 aliphatic carbocycles. The molecule has 2 aliphatic rings. The normalized spacial score (nSPS) is 18.2. The number of hydrogen-bond acceptors (Lipinski definition) is 6. The Hall–Kier alpha value is -2.23. The lowest BCUT2D eigenvalue weighted by atomic mass is 10.1. The van der Waals surface area contributed by atoms with Gasteiger partial charge in [0.2, 0.25) is 5.91 Å². The van der Waals surface area contributed by atoms with E-state index < -0.39 is 5.97 Å². The number of carboxylic acids is 1. The van der Waals surface area contributed by atoms with Crippen LogP contribution < -0.4 is 10.2 Å². The van der Waals surface area contributed by atoms with E-state index >= 15 is 0 Å². The molecule has 0 unspecified atom stereocenters. The van der Waals surface area contributed by atoms with Crippen molar-refractivity contribution in [1.29, 1.82) is 0 Å². The number of nitrogens with one attached hydrogen (secondary N) is 1. The monoisotopic (exact) mass is 549 g/mol. The van der Waals surface area contributed by atoms with Gasteiger partial charge in [0.05, 0.1) is 28.5 Å². The third-order valence-electron chi connectivity index (χ3n) is 6.24. The van der Waals surface area contributed by atoms with Crippen LogP contribution in [-0.4, -0.2) is 73.6 Å². The van der Waals surface area contributed by atoms with Gasteiger partial charge in [-0.3, -0.25) is 9.69 Å². The van der Waals surface area contributed by atoms with E-state index in [1.807, 2.05) is 37.4 Å². The summed E-state index contributed by atoms with van der Waals surface area (Å²) in [5, 5.41) is 13.5. The summed E-state index contributed by atoms with van der Waals surface area (Å²) >= 11 is 13.6. The number of amides is 1. The van der Waals surface area contributed by atoms with Gasteiger partial charge in [0, 0.05) is 55.9 Å². The molecule has 0 bridgehead atoms. The van der Waals surface area contributed by atoms with Crippen molar-refractivity contribution in [2.24, 2.45) is 0 Å². The highest BCUT2D eigenvalue weighted by Gasteiger charge is 2.22. The summed E-state index contributed by atoms with van der Waals surface area (Å²) in [5.41, 5.74) is 3.32. The summed E-state index contributed by atoms with van der Waals surface area (Å²) in [6, 6.07) is 11.6. The van der Waals surface area contributed by atoms with Crippen molar-refractivity contribution in [3.8, 4) is 0 Å². The molecular formula is C26H29Cl2N3O4S. The Morgan fingerprint density at radius 1 is 1.17 bits per heavy atom. The minimum atomic E-state index is -0.894. The summed E-state index contributed by atoms with van der Waals surface area (Å²) in [4.78, 5) is 29.3. The standard InChI is InChI=1S/C26H29Cl2N3O4S/c1-30-7-6-18(26(33)34)11-19-12-21(3-5-24(19)30)36-16-25(32)29-13-20-15-31(8-9-35-20)14-17-2-4-22(27)23(28)10-17/h2-5,10-12,20H,6-9,13-16H2,1H3,(H,29,32)(H,33,34)/t20-/m0/s1. The van der Waals surface area contributed by atoms with Crippen molar-refractivity contribution < 1.29 is 19.4 Å². The maximum Gasteiger partial charge on any atom is 0.331 e. The number of aliphatic carboxylic acids is 1. The van der Waals surface area contributed by atoms with E-state index in [4.69, 9.17) is 27.9 Å². The number of fused-ring (bicyclic) bond motifs is 1. The fraction of sp³-hybridized carbons (Fsp3) is 0.385. The number of hydrogen-bond donors (Lipinski definition) is 2. The second-order valence-corrected chi connectivity index (χ2v) is 10.8. The van der Waals surface area contributed by atoms with Crippen LogP contribution >= 0.6 is 35.0 Å². The molecule has 1 amide bonds. The fourth-order valence-corrected chi connectivity index (χ4v) is 5.39. The molecule has 1 atom stereocenters. The number of carbonyl (C=O) groups is 2. The molecule has 36 heavy (non-hydrogen) atoms. The molecule has 4 rings (SSSR count). The van der Waals surface area contributed by atoms with Crippen LogP contribution in [0.5, 0.6) is 0 Å². The highest BCUT2D eigenvalue weighted by Crippen LogP contribution is 2.31. The van der Waals surface area contributed by atoms with E-state index in [0.717, 1.165) is 34.8 Å². The zero-order chi connectivity index (χ0) is 25.7. The molecule has 0 aromatic heterocycles. The van der Waals surface area contributed by atoms with Crippen molar-refractivity contribution in [3.63, 3.8) is 0 Å². The second kappa shape index (κ2) is 12.3. The molecule has 10 heteroatoms. The lowest BCUT2D eigenvalue weighted by molar-refractivity contribution is -0.132. The first-order valence-electron chi connectivity index (χ1n) is 11.7. The van der Waals surface area contributed by atoms with Crippen molar-refractivity contribution in [1.82, 2.24) is 10.2 Å². The van der Waals surface area contributed by atoms with Gasteiger partial charge < -0.3 is 20.1 Å². The Labute approximate surface area is 225 Å². The molecule has 1 saturated heterocycles. The smallest absolute Gasteiger partial charge is 0.331 e. The van der Waals surface area contributed by atoms with Crippen LogP contribution in [0.15, 0.2) is 46.9 Å². The van der Waals surface area contributed by atoms with Crippen molar-refractivity contribution >= 4 is 58.6 Å². The van der Waals surface area contributed by atoms with Gasteiger partial charge in [0.1, 0.15) is 0 Å². The minimum Gasteiger partial charge on any atom is -0.478 e. The van der Waals surface area contributed by atoms with E-state index in [2.05, 4.69) is 15.1 Å². The fourth-order valence-electron chi connectivity index (χ4n) is 4.29. The van der Waals surface area contributed by atoms with Crippen LogP contribution in [-0.2, 0) is 20.9 Å². The number of thioether (sulfide) groups is 1. The minimum absolute atomic E-state index is 0.0703. The second-order valence-electron chi connectivity index (χ2n) is 8.94. The number of anilines is 1. The molecule has 0 saturated carbocycles. The highest BCUT2D eigenvalue weighted by molar-refractivity contribution is 8.00. The lowest BCUT2D eigenvalue weighted by Gasteiger charge is -2.33. The third kappa shape index (κ3) is 7.17. The molecule has 2 heterocycles. The van der Waals surface area contributed by atoms with Gasteiger partial charge in [0.15, 0.2) is 0 Å². The Balaban J connectivity index is 1.26. The van der Waals surface area contributed by atoms with Crippen LogP contribution in [0.4, 0.5) is 5.69 Å². The molecule has 2 N–H and O–H groups in total. The van der Waals surface area contributed by atoms with E-state index in [-0.39, 0.29) is 17.8 Å². The molecule has 192 valence electrons. The number of morpholine rings is 1. The van der Waals surface area contributed by atoms with Gasteiger partial charge in [0.25, 0.3) is 0 Å². The van der Waals surface area contributed by atoms with E-state index in [9.17, 15) is 14.7 Å². The van der Waals surface area contributed by atoms with Crippen molar-refractivity contribution in [2.75, 3.05) is 50.5 Å². The number of ether oxygens (including phenoxy) is 1. The van der Waals surface area contributed by atoms with Crippen molar-refractivity contribution in [2.45, 2.75) is 24.0 Å². The van der Waals surface area contributed by atoms with Gasteiger partial charge in [-0.1, -0.05) is 29.3 Å². The SMILES string of the molecule is CN1CCC(C(=O)O)=Cc2cc(SCC(=O)NC[C@H]3CN(Cc4ccc(Cl)c(Cl)c4)CCO3)ccc21. The molecular weight excluding hydrogens is 521 g/mol. The predicted octanol–water partition coefficient (Wildman–Crippen LogP) is 4.41. The Bertz CT molecular complexity index is 1160. The first kappa shape index (κ1) is 26.8. The third-order valence-corrected chi connectivity index (χ3v) is 7.97. The lowest BCUT2D eigenvalue weighted by Crippen LogP contribution is -2.47. The van der Waals surface area contributed by atoms with E-state index in [1.54, 1.807) is 12.1 Å². The number of benzene rings is 2. The van der Waals surface area contributed by atoms with Crippen LogP contribution in [0, 0.1) is 0 Å². The first-order valence-corrected chi connectivity index (χ1v) is 13.5. The number of carboxylic acid groups (broad SMARTS) is 1. The van der Waals surface area contributed by atoms with Crippen LogP contribution in [0.1, 0.15) is 17.5 Å². The molecule has 2 aliphatic heterocycles. The Morgan fingerprint density at radius 3 is 2.78 bits per heavy atom. The Kier molecular flexibility index (Phi) is 9.19. The number of nitrogens with zero attached hydrogens (tertiary/aromatic N) is 2. The number of rotatable bonds is 8. The first-order chi connectivity index (χ1) is 17.3. The average Bonchev–Trinajstić information content (AvgIpc) is 3.02. The van der Waals surface area contributed by atoms with Crippen LogP contribution in [0.3, 0.4) is 0 Å². The van der Waals surface area contributed by atoms with E-state index in [1.165, 1.54) is 11.8 Å². The largest absolute Gasteiger partial charge is 0.478 e. The van der Waals surface area contributed by atoms with Gasteiger partial charge in [-0.15, -0.1) is 11.8 Å². The maximum absolute atomic E-state index is 12.5. The summed E-state index contributed by atoms with van der Waals surface area (Å²) < 4.78 is 5.85. The van der Waals surface area contributed by atoms with Crippen molar-refractivity contribution in [3.05, 3.63) is 63.1 Å². The maximum atomic E-state index is 12.5. The zero-order valence-electron chi connectivity index (χ0n) is 20.0. The summed E-state index contributed by atoms with van der Waals surface area (Å²) in [7, 11) is 1.96. The van der Waals surface area contributed by atoms with Gasteiger partial charge in [-0.05, 0) is 54.0 Å². The van der Waals surface area contributed by atoms with Gasteiger partial charge >= 0.3 is 5.97 Å². The Morgan fingerprint density at radius 2 is 2.00 bits per heavy atom. The summed E-state index contributed by atoms with van der Waals surface area (Å²) in [6.07, 6.45) is 2.13. The average molecular weight is 551 g/mol. The van der Waals surface area contributed by atoms with Crippen LogP contribution in [0.2, 0.25) is 10.0 Å². The molecule has 0 spiro atoms. The molecule has 2 aromatic carbocycles.